The average Bonchev–Trinajstić information content (AvgIpc) is 3.06. The van der Waals surface area contributed by atoms with Gasteiger partial charge < -0.3 is 19.5 Å². The minimum absolute atomic E-state index is 0.139. The monoisotopic (exact) mass is 366 g/mol. The highest BCUT2D eigenvalue weighted by Crippen LogP contribution is 2.16. The topological polar surface area (TPSA) is 62.9 Å². The fraction of sp³-hybridized carbons (Fsp3) is 0.444. The molecule has 0 aliphatic heterocycles. The van der Waals surface area contributed by atoms with Crippen LogP contribution in [0.1, 0.15) is 36.8 Å². The molecule has 0 amide bonds. The van der Waals surface area contributed by atoms with Gasteiger partial charge in [0, 0.05) is 26.7 Å². The van der Waals surface area contributed by atoms with Crippen molar-refractivity contribution in [2.75, 3.05) is 14.1 Å². The minimum atomic E-state index is -2.82. The van der Waals surface area contributed by atoms with Crippen molar-refractivity contribution in [3.05, 3.63) is 47.3 Å². The van der Waals surface area contributed by atoms with Crippen molar-refractivity contribution in [2.45, 2.75) is 39.5 Å². The molecule has 0 unspecified atom stereocenters. The lowest BCUT2D eigenvalue weighted by Gasteiger charge is -2.21. The molecule has 0 aliphatic rings. The number of rotatable bonds is 7. The number of halogens is 2. The predicted octanol–water partition coefficient (Wildman–Crippen LogP) is 3.61. The Bertz CT molecular complexity index is 714. The summed E-state index contributed by atoms with van der Waals surface area (Å²) in [5.74, 6) is 1.86. The highest BCUT2D eigenvalue weighted by atomic mass is 19.3. The molecule has 0 saturated heterocycles. The van der Waals surface area contributed by atoms with E-state index in [-0.39, 0.29) is 5.75 Å². The number of hydrogen-bond acceptors (Lipinski definition) is 4. The van der Waals surface area contributed by atoms with Crippen molar-refractivity contribution >= 4 is 5.96 Å². The number of alkyl halides is 2. The van der Waals surface area contributed by atoms with Crippen LogP contribution >= 0.6 is 0 Å². The number of ether oxygens (including phenoxy) is 1. The normalized spacial score (nSPS) is 11.9. The van der Waals surface area contributed by atoms with E-state index >= 15 is 0 Å². The number of nitrogens with zero attached hydrogens (tertiary/aromatic N) is 3. The third-order valence-electron chi connectivity index (χ3n) is 3.73. The Morgan fingerprint density at radius 3 is 2.54 bits per heavy atom. The second-order valence-electron chi connectivity index (χ2n) is 6.15. The van der Waals surface area contributed by atoms with Gasteiger partial charge in [0.25, 0.3) is 0 Å². The van der Waals surface area contributed by atoms with Gasteiger partial charge in [0.15, 0.2) is 11.7 Å². The molecular formula is C18H24F2N4O2. The van der Waals surface area contributed by atoms with Crippen LogP contribution in [0.15, 0.2) is 39.8 Å². The van der Waals surface area contributed by atoms with E-state index in [4.69, 9.17) is 4.52 Å². The van der Waals surface area contributed by atoms with Crippen LogP contribution in [0.25, 0.3) is 0 Å². The van der Waals surface area contributed by atoms with Crippen molar-refractivity contribution in [3.63, 3.8) is 0 Å². The Hall–Kier alpha value is -2.64. The summed E-state index contributed by atoms with van der Waals surface area (Å²) in [6.07, 6.45) is 0. The van der Waals surface area contributed by atoms with Crippen LogP contribution < -0.4 is 10.1 Å². The average molecular weight is 366 g/mol. The molecule has 26 heavy (non-hydrogen) atoms. The fourth-order valence-electron chi connectivity index (χ4n) is 2.36. The zero-order valence-corrected chi connectivity index (χ0v) is 15.4. The summed E-state index contributed by atoms with van der Waals surface area (Å²) in [6.45, 7) is 2.32. The van der Waals surface area contributed by atoms with Gasteiger partial charge in [-0.15, -0.1) is 0 Å². The Balaban J connectivity index is 1.90. The van der Waals surface area contributed by atoms with Crippen molar-refractivity contribution in [1.82, 2.24) is 15.4 Å². The molecule has 0 atom stereocenters. The summed E-state index contributed by atoms with van der Waals surface area (Å²) >= 11 is 0. The first kappa shape index (κ1) is 19.7. The van der Waals surface area contributed by atoms with Crippen molar-refractivity contribution in [3.8, 4) is 5.75 Å². The number of benzene rings is 1. The second kappa shape index (κ2) is 9.17. The third-order valence-corrected chi connectivity index (χ3v) is 3.73. The molecule has 1 aromatic heterocycles. The molecule has 1 heterocycles. The molecule has 0 fully saturated rings. The van der Waals surface area contributed by atoms with E-state index in [9.17, 15) is 8.78 Å². The molecule has 2 rings (SSSR count). The van der Waals surface area contributed by atoms with Crippen LogP contribution in [0.3, 0.4) is 0 Å². The summed E-state index contributed by atoms with van der Waals surface area (Å²) in [5.41, 5.74) is 1.86. The quantitative estimate of drug-likeness (QED) is 0.599. The van der Waals surface area contributed by atoms with Gasteiger partial charge in [-0.2, -0.15) is 8.78 Å². The van der Waals surface area contributed by atoms with E-state index < -0.39 is 6.61 Å². The van der Waals surface area contributed by atoms with Crippen LogP contribution in [0.5, 0.6) is 5.75 Å². The van der Waals surface area contributed by atoms with Crippen molar-refractivity contribution in [2.24, 2.45) is 4.99 Å². The molecule has 0 radical (unpaired) electrons. The van der Waals surface area contributed by atoms with E-state index in [1.807, 2.05) is 18.0 Å². The second-order valence-corrected chi connectivity index (χ2v) is 6.15. The van der Waals surface area contributed by atoms with Gasteiger partial charge in [0.1, 0.15) is 5.75 Å². The smallest absolute Gasteiger partial charge is 0.387 e. The Kier molecular flexibility index (Phi) is 6.94. The Morgan fingerprint density at radius 1 is 1.31 bits per heavy atom. The highest BCUT2D eigenvalue weighted by molar-refractivity contribution is 5.79. The lowest BCUT2D eigenvalue weighted by molar-refractivity contribution is -0.0498. The number of nitrogens with one attached hydrogen (secondary N) is 1. The van der Waals surface area contributed by atoms with Gasteiger partial charge in [-0.05, 0) is 23.6 Å². The largest absolute Gasteiger partial charge is 0.435 e. The lowest BCUT2D eigenvalue weighted by atomic mass is 10.1. The molecular weight excluding hydrogens is 342 g/mol. The van der Waals surface area contributed by atoms with Crippen molar-refractivity contribution < 1.29 is 18.0 Å². The molecule has 2 aromatic rings. The SMILES string of the molecule is CN=C(NCc1cc(C(C)C)no1)N(C)Cc1ccc(OC(F)F)cc1. The third kappa shape index (κ3) is 5.72. The van der Waals surface area contributed by atoms with Crippen LogP contribution in [0.2, 0.25) is 0 Å². The maximum absolute atomic E-state index is 12.2. The van der Waals surface area contributed by atoms with Crippen LogP contribution in [0, 0.1) is 0 Å². The van der Waals surface area contributed by atoms with Crippen LogP contribution in [-0.2, 0) is 13.1 Å². The van der Waals surface area contributed by atoms with Crippen LogP contribution in [0.4, 0.5) is 8.78 Å². The number of aliphatic imine (C=N–C) groups is 1. The summed E-state index contributed by atoms with van der Waals surface area (Å²) in [6, 6.07) is 8.45. The first-order valence-electron chi connectivity index (χ1n) is 8.30. The lowest BCUT2D eigenvalue weighted by Crippen LogP contribution is -2.37. The summed E-state index contributed by atoms with van der Waals surface area (Å²) in [5, 5.41) is 7.24. The fourth-order valence-corrected chi connectivity index (χ4v) is 2.36. The van der Waals surface area contributed by atoms with Gasteiger partial charge in [0.2, 0.25) is 0 Å². The van der Waals surface area contributed by atoms with E-state index in [0.29, 0.717) is 25.0 Å². The van der Waals surface area contributed by atoms with Gasteiger partial charge in [0.05, 0.1) is 12.2 Å². The number of aromatic nitrogens is 1. The molecule has 6 nitrogen and oxygen atoms in total. The van der Waals surface area contributed by atoms with E-state index in [1.165, 1.54) is 12.1 Å². The zero-order chi connectivity index (χ0) is 19.1. The first-order chi connectivity index (χ1) is 12.4. The molecule has 1 N–H and O–H groups in total. The van der Waals surface area contributed by atoms with E-state index in [0.717, 1.165) is 17.0 Å². The Morgan fingerprint density at radius 2 is 2.00 bits per heavy atom. The number of hydrogen-bond donors (Lipinski definition) is 1. The Labute approximate surface area is 151 Å². The first-order valence-corrected chi connectivity index (χ1v) is 8.30. The maximum atomic E-state index is 12.2. The zero-order valence-electron chi connectivity index (χ0n) is 15.4. The highest BCUT2D eigenvalue weighted by Gasteiger charge is 2.11. The summed E-state index contributed by atoms with van der Waals surface area (Å²) in [4.78, 5) is 6.16. The van der Waals surface area contributed by atoms with E-state index in [2.05, 4.69) is 34.1 Å². The van der Waals surface area contributed by atoms with E-state index in [1.54, 1.807) is 19.2 Å². The van der Waals surface area contributed by atoms with Gasteiger partial charge in [-0.25, -0.2) is 0 Å². The van der Waals surface area contributed by atoms with Gasteiger partial charge in [-0.1, -0.05) is 31.1 Å². The van der Waals surface area contributed by atoms with Crippen molar-refractivity contribution in [1.29, 1.82) is 0 Å². The van der Waals surface area contributed by atoms with Crippen LogP contribution in [-0.4, -0.2) is 36.7 Å². The molecule has 8 heteroatoms. The minimum Gasteiger partial charge on any atom is -0.435 e. The molecule has 0 bridgehead atoms. The standard InChI is InChI=1S/C18H24F2N4O2/c1-12(2)16-9-15(26-23-16)10-22-18(21-3)24(4)11-13-5-7-14(8-6-13)25-17(19)20/h5-9,12,17H,10-11H2,1-4H3,(H,21,22). The molecule has 1 aromatic carbocycles. The molecule has 0 spiro atoms. The number of guanidine groups is 1. The molecule has 0 aliphatic carbocycles. The molecule has 142 valence electrons. The van der Waals surface area contributed by atoms with Gasteiger partial charge in [-0.3, -0.25) is 4.99 Å². The maximum Gasteiger partial charge on any atom is 0.387 e. The molecule has 0 saturated carbocycles. The summed E-state index contributed by atoms with van der Waals surface area (Å²) in [7, 11) is 3.58. The summed E-state index contributed by atoms with van der Waals surface area (Å²) < 4.78 is 34.0. The van der Waals surface area contributed by atoms with Gasteiger partial charge >= 0.3 is 6.61 Å². The predicted molar refractivity (Wildman–Crippen MR) is 95.3 cm³/mol.